The minimum atomic E-state index is -0.442. The van der Waals surface area contributed by atoms with E-state index in [9.17, 15) is 14.4 Å². The Balaban J connectivity index is 1.77. The first-order chi connectivity index (χ1) is 11.4. The third-order valence-electron chi connectivity index (χ3n) is 3.60. The highest BCUT2D eigenvalue weighted by atomic mass is 32.1. The van der Waals surface area contributed by atoms with Crippen LogP contribution in [-0.4, -0.2) is 30.0 Å². The number of aromatic nitrogens is 5. The molecule has 0 aliphatic rings. The summed E-state index contributed by atoms with van der Waals surface area (Å²) < 4.78 is 2.32. The molecule has 126 valence electrons. The molecule has 0 unspecified atom stereocenters. The SMILES string of the molecule is Cc1cnc(NC(=O)CCc2nc3c([nH]2)c(=O)n(C)c(=O)n3C)s1. The molecule has 24 heavy (non-hydrogen) atoms. The Hall–Kier alpha value is -2.75. The van der Waals surface area contributed by atoms with E-state index in [4.69, 9.17) is 0 Å². The van der Waals surface area contributed by atoms with Crippen LogP contribution in [0.15, 0.2) is 15.8 Å². The number of fused-ring (bicyclic) bond motifs is 1. The summed E-state index contributed by atoms with van der Waals surface area (Å²) in [6.07, 6.45) is 2.20. The number of anilines is 1. The average molecular weight is 348 g/mol. The van der Waals surface area contributed by atoms with Gasteiger partial charge in [0.1, 0.15) is 11.3 Å². The molecule has 0 bridgehead atoms. The maximum absolute atomic E-state index is 12.1. The van der Waals surface area contributed by atoms with E-state index in [2.05, 4.69) is 20.3 Å². The van der Waals surface area contributed by atoms with Crippen molar-refractivity contribution in [2.24, 2.45) is 14.1 Å². The van der Waals surface area contributed by atoms with Crippen molar-refractivity contribution in [3.63, 3.8) is 0 Å². The lowest BCUT2D eigenvalue weighted by Gasteiger charge is -2.00. The Morgan fingerprint density at radius 2 is 2.08 bits per heavy atom. The number of amides is 1. The number of hydrogen-bond acceptors (Lipinski definition) is 6. The van der Waals surface area contributed by atoms with Crippen molar-refractivity contribution in [1.29, 1.82) is 0 Å². The molecule has 3 heterocycles. The number of aryl methyl sites for hydroxylation is 3. The largest absolute Gasteiger partial charge is 0.336 e. The van der Waals surface area contributed by atoms with Gasteiger partial charge in [-0.05, 0) is 6.92 Å². The predicted molar refractivity (Wildman–Crippen MR) is 90.4 cm³/mol. The van der Waals surface area contributed by atoms with Crippen LogP contribution in [0, 0.1) is 6.92 Å². The van der Waals surface area contributed by atoms with E-state index >= 15 is 0 Å². The van der Waals surface area contributed by atoms with Crippen LogP contribution in [0.5, 0.6) is 0 Å². The number of aromatic amines is 1. The molecule has 0 atom stereocenters. The van der Waals surface area contributed by atoms with Gasteiger partial charge in [-0.3, -0.25) is 18.7 Å². The van der Waals surface area contributed by atoms with Gasteiger partial charge in [0.05, 0.1) is 0 Å². The average Bonchev–Trinajstić information content (AvgIpc) is 3.15. The number of nitrogens with zero attached hydrogens (tertiary/aromatic N) is 4. The number of carbonyl (C=O) groups excluding carboxylic acids is 1. The van der Waals surface area contributed by atoms with Gasteiger partial charge in [-0.25, -0.2) is 14.8 Å². The number of carbonyl (C=O) groups is 1. The van der Waals surface area contributed by atoms with Crippen molar-refractivity contribution in [1.82, 2.24) is 24.1 Å². The molecule has 0 spiro atoms. The summed E-state index contributed by atoms with van der Waals surface area (Å²) in [6.45, 7) is 1.91. The normalized spacial score (nSPS) is 11.1. The van der Waals surface area contributed by atoms with E-state index < -0.39 is 11.2 Å². The zero-order valence-electron chi connectivity index (χ0n) is 13.4. The quantitative estimate of drug-likeness (QED) is 0.703. The zero-order valence-corrected chi connectivity index (χ0v) is 14.2. The summed E-state index contributed by atoms with van der Waals surface area (Å²) in [5.41, 5.74) is -0.336. The Kier molecular flexibility index (Phi) is 4.06. The summed E-state index contributed by atoms with van der Waals surface area (Å²) >= 11 is 1.40. The molecule has 0 aliphatic carbocycles. The Labute approximate surface area is 140 Å². The smallest absolute Gasteiger partial charge is 0.332 e. The lowest BCUT2D eigenvalue weighted by molar-refractivity contribution is -0.116. The molecule has 0 fully saturated rings. The minimum Gasteiger partial charge on any atom is -0.336 e. The molecule has 0 aliphatic heterocycles. The van der Waals surface area contributed by atoms with Crippen molar-refractivity contribution < 1.29 is 4.79 Å². The van der Waals surface area contributed by atoms with Gasteiger partial charge >= 0.3 is 5.69 Å². The van der Waals surface area contributed by atoms with E-state index in [-0.39, 0.29) is 23.5 Å². The van der Waals surface area contributed by atoms with Crippen molar-refractivity contribution in [2.45, 2.75) is 19.8 Å². The highest BCUT2D eigenvalue weighted by Gasteiger charge is 2.14. The molecular formula is C14H16N6O3S. The summed E-state index contributed by atoms with van der Waals surface area (Å²) in [5, 5.41) is 3.27. The summed E-state index contributed by atoms with van der Waals surface area (Å²) in [5.74, 6) is 0.292. The monoisotopic (exact) mass is 348 g/mol. The molecule has 10 heteroatoms. The zero-order chi connectivity index (χ0) is 17.4. The Bertz CT molecular complexity index is 1040. The first kappa shape index (κ1) is 16.1. The van der Waals surface area contributed by atoms with E-state index in [0.717, 1.165) is 9.44 Å². The van der Waals surface area contributed by atoms with Gasteiger partial charge in [-0.2, -0.15) is 0 Å². The fourth-order valence-electron chi connectivity index (χ4n) is 2.32. The predicted octanol–water partition coefficient (Wildman–Crippen LogP) is 0.297. The van der Waals surface area contributed by atoms with Gasteiger partial charge in [-0.15, -0.1) is 11.3 Å². The number of thiazole rings is 1. The molecule has 3 rings (SSSR count). The van der Waals surface area contributed by atoms with Crippen LogP contribution < -0.4 is 16.6 Å². The molecule has 0 radical (unpaired) electrons. The van der Waals surface area contributed by atoms with Gasteiger partial charge in [0, 0.05) is 38.0 Å². The summed E-state index contributed by atoms with van der Waals surface area (Å²) in [7, 11) is 2.96. The third-order valence-corrected chi connectivity index (χ3v) is 4.43. The number of imidazole rings is 1. The second kappa shape index (κ2) is 6.04. The lowest BCUT2D eigenvalue weighted by Crippen LogP contribution is -2.36. The number of H-pyrrole nitrogens is 1. The standard InChI is InChI=1S/C14H16N6O3S/c1-7-6-15-13(24-7)18-9(21)5-4-8-16-10-11(17-8)19(2)14(23)20(3)12(10)22/h6H,4-5H2,1-3H3,(H,16,17)(H,15,18,21). The van der Waals surface area contributed by atoms with Gasteiger partial charge in [0.25, 0.3) is 5.56 Å². The molecule has 0 saturated carbocycles. The second-order valence-corrected chi connectivity index (χ2v) is 6.65. The van der Waals surface area contributed by atoms with Crippen molar-refractivity contribution in [2.75, 3.05) is 5.32 Å². The maximum Gasteiger partial charge on any atom is 0.332 e. The molecule has 3 aromatic rings. The van der Waals surface area contributed by atoms with Crippen LogP contribution in [0.1, 0.15) is 17.1 Å². The minimum absolute atomic E-state index is 0.187. The topological polar surface area (TPSA) is 115 Å². The molecule has 3 aromatic heterocycles. The van der Waals surface area contributed by atoms with E-state index in [0.29, 0.717) is 17.4 Å². The summed E-state index contributed by atoms with van der Waals surface area (Å²) in [4.78, 5) is 48.2. The number of nitrogens with one attached hydrogen (secondary N) is 2. The van der Waals surface area contributed by atoms with Crippen molar-refractivity contribution >= 4 is 33.5 Å². The first-order valence-corrected chi connectivity index (χ1v) is 8.05. The van der Waals surface area contributed by atoms with Crippen molar-refractivity contribution in [3.8, 4) is 0 Å². The highest BCUT2D eigenvalue weighted by molar-refractivity contribution is 7.15. The van der Waals surface area contributed by atoms with E-state index in [1.54, 1.807) is 13.2 Å². The van der Waals surface area contributed by atoms with Crippen LogP contribution in [0.4, 0.5) is 5.13 Å². The molecule has 2 N–H and O–H groups in total. The van der Waals surface area contributed by atoms with Crippen molar-refractivity contribution in [3.05, 3.63) is 37.7 Å². The summed E-state index contributed by atoms with van der Waals surface area (Å²) in [6, 6.07) is 0. The molecule has 0 saturated heterocycles. The molecule has 0 aromatic carbocycles. The van der Waals surface area contributed by atoms with Gasteiger partial charge in [0.15, 0.2) is 10.8 Å². The molecule has 1 amide bonds. The van der Waals surface area contributed by atoms with E-state index in [1.807, 2.05) is 6.92 Å². The van der Waals surface area contributed by atoms with Gasteiger partial charge in [-0.1, -0.05) is 0 Å². The second-order valence-electron chi connectivity index (χ2n) is 5.41. The van der Waals surface area contributed by atoms with Gasteiger partial charge in [0.2, 0.25) is 5.91 Å². The van der Waals surface area contributed by atoms with Crippen LogP contribution in [0.3, 0.4) is 0 Å². The van der Waals surface area contributed by atoms with Gasteiger partial charge < -0.3 is 10.3 Å². The molecular weight excluding hydrogens is 332 g/mol. The maximum atomic E-state index is 12.1. The fraction of sp³-hybridized carbons (Fsp3) is 0.357. The van der Waals surface area contributed by atoms with Crippen LogP contribution in [-0.2, 0) is 25.3 Å². The van der Waals surface area contributed by atoms with Crippen LogP contribution >= 0.6 is 11.3 Å². The molecule has 9 nitrogen and oxygen atoms in total. The lowest BCUT2D eigenvalue weighted by atomic mass is 10.3. The Morgan fingerprint density at radius 1 is 1.33 bits per heavy atom. The third kappa shape index (κ3) is 2.87. The number of rotatable bonds is 4. The highest BCUT2D eigenvalue weighted by Crippen LogP contribution is 2.16. The number of hydrogen-bond donors (Lipinski definition) is 2. The van der Waals surface area contributed by atoms with E-state index in [1.165, 1.54) is 23.0 Å². The fourth-order valence-corrected chi connectivity index (χ4v) is 3.00. The first-order valence-electron chi connectivity index (χ1n) is 7.23. The Morgan fingerprint density at radius 3 is 2.75 bits per heavy atom. The van der Waals surface area contributed by atoms with Crippen LogP contribution in [0.2, 0.25) is 0 Å². The van der Waals surface area contributed by atoms with Crippen LogP contribution in [0.25, 0.3) is 11.2 Å².